The van der Waals surface area contributed by atoms with Crippen LogP contribution in [0, 0.1) is 11.8 Å². The molecule has 4 unspecified atom stereocenters. The van der Waals surface area contributed by atoms with Crippen molar-refractivity contribution in [3.8, 4) is 0 Å². The van der Waals surface area contributed by atoms with Crippen molar-refractivity contribution in [1.82, 2.24) is 10.2 Å². The monoisotopic (exact) mass is 298 g/mol. The van der Waals surface area contributed by atoms with Gasteiger partial charge in [-0.25, -0.2) is 4.79 Å². The molecule has 5 heteroatoms. The number of alkyl carbamates (subject to hydrolysis) is 1. The van der Waals surface area contributed by atoms with E-state index in [1.165, 1.54) is 12.8 Å². The highest BCUT2D eigenvalue weighted by atomic mass is 16.5. The molecule has 1 aliphatic heterocycles. The summed E-state index contributed by atoms with van der Waals surface area (Å²) in [5, 5.41) is 12.9. The number of carbonyl (C=O) groups is 1. The van der Waals surface area contributed by atoms with Gasteiger partial charge in [-0.3, -0.25) is 4.90 Å². The van der Waals surface area contributed by atoms with Crippen molar-refractivity contribution in [2.75, 3.05) is 19.7 Å². The first-order valence-corrected chi connectivity index (χ1v) is 8.40. The topological polar surface area (TPSA) is 61.8 Å². The van der Waals surface area contributed by atoms with E-state index in [0.717, 1.165) is 31.8 Å². The van der Waals surface area contributed by atoms with E-state index >= 15 is 0 Å². The molecule has 2 rings (SSSR count). The van der Waals surface area contributed by atoms with Crippen LogP contribution in [-0.2, 0) is 4.74 Å². The number of nitrogens with one attached hydrogen (secondary N) is 1. The van der Waals surface area contributed by atoms with Crippen LogP contribution in [0.4, 0.5) is 4.79 Å². The number of ether oxygens (including phenoxy) is 1. The molecule has 1 amide bonds. The molecular weight excluding hydrogens is 268 g/mol. The quantitative estimate of drug-likeness (QED) is 0.787. The Bertz CT molecular complexity index is 344. The number of aliphatic hydroxyl groups is 1. The zero-order valence-corrected chi connectivity index (χ0v) is 13.5. The summed E-state index contributed by atoms with van der Waals surface area (Å²) in [6.07, 6.45) is 3.94. The first-order chi connectivity index (χ1) is 10.0. The molecular formula is C16H30N2O3. The van der Waals surface area contributed by atoms with E-state index in [2.05, 4.69) is 17.1 Å². The molecule has 0 aromatic heterocycles. The molecule has 0 aromatic carbocycles. The van der Waals surface area contributed by atoms with E-state index in [-0.39, 0.29) is 24.2 Å². The van der Waals surface area contributed by atoms with E-state index in [0.29, 0.717) is 12.6 Å². The summed E-state index contributed by atoms with van der Waals surface area (Å²) < 4.78 is 4.99. The Hall–Kier alpha value is -0.810. The summed E-state index contributed by atoms with van der Waals surface area (Å²) in [5.41, 5.74) is 0. The molecule has 4 atom stereocenters. The second kappa shape index (κ2) is 7.45. The standard InChI is InChI=1S/C16H30N2O3/c1-4-15(12-6-7-12)18-9-13(11(3)19)8-14(10-18)17-16(20)21-5-2/h11-15,19H,4-10H2,1-3H3,(H,17,20). The SMILES string of the molecule is CCOC(=O)NC1CC(C(C)O)CN(C(CC)C2CC2)C1. The molecule has 2 N–H and O–H groups in total. The van der Waals surface area contributed by atoms with E-state index in [1.807, 2.05) is 13.8 Å². The molecule has 1 aliphatic carbocycles. The Morgan fingerprint density at radius 3 is 2.57 bits per heavy atom. The number of nitrogens with zero attached hydrogens (tertiary/aromatic N) is 1. The maximum Gasteiger partial charge on any atom is 0.407 e. The van der Waals surface area contributed by atoms with Crippen LogP contribution >= 0.6 is 0 Å². The average Bonchev–Trinajstić information content (AvgIpc) is 3.24. The lowest BCUT2D eigenvalue weighted by Crippen LogP contribution is -2.55. The molecule has 21 heavy (non-hydrogen) atoms. The van der Waals surface area contributed by atoms with Gasteiger partial charge in [-0.15, -0.1) is 0 Å². The highest BCUT2D eigenvalue weighted by Crippen LogP contribution is 2.38. The minimum absolute atomic E-state index is 0.0743. The molecule has 2 aliphatic rings. The van der Waals surface area contributed by atoms with Crippen molar-refractivity contribution in [1.29, 1.82) is 0 Å². The second-order valence-electron chi connectivity index (χ2n) is 6.57. The Morgan fingerprint density at radius 1 is 1.33 bits per heavy atom. The van der Waals surface area contributed by atoms with Crippen LogP contribution in [0.5, 0.6) is 0 Å². The number of piperidine rings is 1. The fraction of sp³-hybridized carbons (Fsp3) is 0.938. The Kier molecular flexibility index (Phi) is 5.88. The normalized spacial score (nSPS) is 29.7. The van der Waals surface area contributed by atoms with Crippen molar-refractivity contribution in [3.63, 3.8) is 0 Å². The summed E-state index contributed by atoms with van der Waals surface area (Å²) >= 11 is 0. The summed E-state index contributed by atoms with van der Waals surface area (Å²) in [7, 11) is 0. The summed E-state index contributed by atoms with van der Waals surface area (Å²) in [4.78, 5) is 14.1. The predicted octanol–water partition coefficient (Wildman–Crippen LogP) is 1.99. The van der Waals surface area contributed by atoms with E-state index in [9.17, 15) is 9.90 Å². The van der Waals surface area contributed by atoms with Crippen LogP contribution in [0.1, 0.15) is 46.5 Å². The zero-order valence-electron chi connectivity index (χ0n) is 13.5. The minimum Gasteiger partial charge on any atom is -0.450 e. The number of carbonyl (C=O) groups excluding carboxylic acids is 1. The van der Waals surface area contributed by atoms with Gasteiger partial charge in [-0.05, 0) is 51.4 Å². The summed E-state index contributed by atoms with van der Waals surface area (Å²) in [6.45, 7) is 8.11. The maximum atomic E-state index is 11.7. The summed E-state index contributed by atoms with van der Waals surface area (Å²) in [6, 6.07) is 0.670. The minimum atomic E-state index is -0.340. The molecule has 2 fully saturated rings. The third-order valence-corrected chi connectivity index (χ3v) is 4.84. The van der Waals surface area contributed by atoms with Crippen LogP contribution in [-0.4, -0.2) is 54.0 Å². The van der Waals surface area contributed by atoms with Crippen LogP contribution in [0.2, 0.25) is 0 Å². The van der Waals surface area contributed by atoms with E-state index < -0.39 is 0 Å². The number of amides is 1. The summed E-state index contributed by atoms with van der Waals surface area (Å²) in [5.74, 6) is 1.03. The van der Waals surface area contributed by atoms with Crippen molar-refractivity contribution < 1.29 is 14.6 Å². The average molecular weight is 298 g/mol. The third kappa shape index (κ3) is 4.58. The highest BCUT2D eigenvalue weighted by Gasteiger charge is 2.39. The van der Waals surface area contributed by atoms with Gasteiger partial charge in [0.15, 0.2) is 0 Å². The maximum absolute atomic E-state index is 11.7. The Balaban J connectivity index is 1.98. The van der Waals surface area contributed by atoms with Crippen LogP contribution in [0.25, 0.3) is 0 Å². The second-order valence-corrected chi connectivity index (χ2v) is 6.57. The van der Waals surface area contributed by atoms with Gasteiger partial charge in [-0.2, -0.15) is 0 Å². The molecule has 1 heterocycles. The van der Waals surface area contributed by atoms with Gasteiger partial charge in [0.1, 0.15) is 0 Å². The van der Waals surface area contributed by atoms with Crippen LogP contribution in [0.3, 0.4) is 0 Å². The lowest BCUT2D eigenvalue weighted by atomic mass is 9.88. The highest BCUT2D eigenvalue weighted by molar-refractivity contribution is 5.67. The van der Waals surface area contributed by atoms with Crippen molar-refractivity contribution in [2.45, 2.75) is 64.6 Å². The molecule has 0 aromatic rings. The largest absolute Gasteiger partial charge is 0.450 e. The molecule has 0 radical (unpaired) electrons. The van der Waals surface area contributed by atoms with Gasteiger partial charge in [0.2, 0.25) is 0 Å². The van der Waals surface area contributed by atoms with Crippen LogP contribution < -0.4 is 5.32 Å². The molecule has 5 nitrogen and oxygen atoms in total. The lowest BCUT2D eigenvalue weighted by Gasteiger charge is -2.43. The number of aliphatic hydroxyl groups excluding tert-OH is 1. The van der Waals surface area contributed by atoms with Crippen molar-refractivity contribution >= 4 is 6.09 Å². The first kappa shape index (κ1) is 16.6. The van der Waals surface area contributed by atoms with Gasteiger partial charge in [0.05, 0.1) is 12.7 Å². The first-order valence-electron chi connectivity index (χ1n) is 8.40. The smallest absolute Gasteiger partial charge is 0.407 e. The molecule has 1 saturated heterocycles. The molecule has 0 bridgehead atoms. The number of hydrogen-bond donors (Lipinski definition) is 2. The number of rotatable bonds is 6. The van der Waals surface area contributed by atoms with Gasteiger partial charge >= 0.3 is 6.09 Å². The predicted molar refractivity (Wildman–Crippen MR) is 82.1 cm³/mol. The fourth-order valence-electron chi connectivity index (χ4n) is 3.61. The third-order valence-electron chi connectivity index (χ3n) is 4.84. The molecule has 0 spiro atoms. The van der Waals surface area contributed by atoms with Gasteiger partial charge in [0, 0.05) is 25.2 Å². The Labute approximate surface area is 128 Å². The van der Waals surface area contributed by atoms with E-state index in [4.69, 9.17) is 4.74 Å². The fourth-order valence-corrected chi connectivity index (χ4v) is 3.61. The van der Waals surface area contributed by atoms with Gasteiger partial charge in [0.25, 0.3) is 0 Å². The van der Waals surface area contributed by atoms with Crippen molar-refractivity contribution in [2.24, 2.45) is 11.8 Å². The Morgan fingerprint density at radius 2 is 2.05 bits per heavy atom. The van der Waals surface area contributed by atoms with Gasteiger partial charge < -0.3 is 15.2 Å². The van der Waals surface area contributed by atoms with Crippen LogP contribution in [0.15, 0.2) is 0 Å². The molecule has 1 saturated carbocycles. The number of hydrogen-bond acceptors (Lipinski definition) is 4. The number of likely N-dealkylation sites (tertiary alicyclic amines) is 1. The molecule has 122 valence electrons. The lowest BCUT2D eigenvalue weighted by molar-refractivity contribution is 0.0224. The zero-order chi connectivity index (χ0) is 15.4. The van der Waals surface area contributed by atoms with E-state index in [1.54, 1.807) is 0 Å². The van der Waals surface area contributed by atoms with Gasteiger partial charge in [-0.1, -0.05) is 6.92 Å². The van der Waals surface area contributed by atoms with Crippen molar-refractivity contribution in [3.05, 3.63) is 0 Å².